The van der Waals surface area contributed by atoms with Gasteiger partial charge >= 0.3 is 0 Å². The van der Waals surface area contributed by atoms with E-state index in [0.717, 1.165) is 21.1 Å². The summed E-state index contributed by atoms with van der Waals surface area (Å²) in [4.78, 5) is 13.7. The van der Waals surface area contributed by atoms with E-state index in [1.807, 2.05) is 14.0 Å². The van der Waals surface area contributed by atoms with Crippen molar-refractivity contribution in [2.45, 2.75) is 19.6 Å². The molecule has 2 aromatic rings. The standard InChI is InChI=1S/C15H15ClN2O2S/c1-8-12-11(7-20-8)21-15(17-2)13(12)14(19)18-10-5-3-9(16)4-6-10/h3-6,8,17H,7H2,1-2H3,(H,18,19). The lowest BCUT2D eigenvalue weighted by Crippen LogP contribution is -2.15. The molecule has 0 bridgehead atoms. The van der Waals surface area contributed by atoms with E-state index in [9.17, 15) is 4.79 Å². The van der Waals surface area contributed by atoms with Gasteiger partial charge in [-0.1, -0.05) is 11.6 Å². The first-order valence-electron chi connectivity index (χ1n) is 6.62. The SMILES string of the molecule is CNc1sc2c(c1C(=O)Nc1ccc(Cl)cc1)C(C)OC2. The lowest BCUT2D eigenvalue weighted by molar-refractivity contribution is 0.0790. The second-order valence-electron chi connectivity index (χ2n) is 4.81. The molecule has 2 N–H and O–H groups in total. The number of fused-ring (bicyclic) bond motifs is 1. The quantitative estimate of drug-likeness (QED) is 0.886. The van der Waals surface area contributed by atoms with Crippen LogP contribution in [0.4, 0.5) is 10.7 Å². The molecule has 21 heavy (non-hydrogen) atoms. The second kappa shape index (κ2) is 5.67. The van der Waals surface area contributed by atoms with Gasteiger partial charge in [-0.3, -0.25) is 4.79 Å². The van der Waals surface area contributed by atoms with Crippen molar-refractivity contribution < 1.29 is 9.53 Å². The van der Waals surface area contributed by atoms with E-state index in [2.05, 4.69) is 10.6 Å². The lowest BCUT2D eigenvalue weighted by atomic mass is 10.1. The van der Waals surface area contributed by atoms with Crippen molar-refractivity contribution in [2.75, 3.05) is 17.7 Å². The number of amides is 1. The minimum absolute atomic E-state index is 0.0516. The van der Waals surface area contributed by atoms with Gasteiger partial charge in [-0.25, -0.2) is 0 Å². The Labute approximate surface area is 132 Å². The Hall–Kier alpha value is -1.56. The zero-order chi connectivity index (χ0) is 15.0. The van der Waals surface area contributed by atoms with Crippen LogP contribution in [0.3, 0.4) is 0 Å². The molecule has 0 fully saturated rings. The smallest absolute Gasteiger partial charge is 0.259 e. The van der Waals surface area contributed by atoms with E-state index in [-0.39, 0.29) is 12.0 Å². The van der Waals surface area contributed by atoms with E-state index >= 15 is 0 Å². The van der Waals surface area contributed by atoms with Crippen LogP contribution in [0.5, 0.6) is 0 Å². The van der Waals surface area contributed by atoms with Crippen LogP contribution < -0.4 is 10.6 Å². The number of ether oxygens (including phenoxy) is 1. The maximum atomic E-state index is 12.6. The Morgan fingerprint density at radius 3 is 2.76 bits per heavy atom. The fraction of sp³-hybridized carbons (Fsp3) is 0.267. The molecule has 1 unspecified atom stereocenters. The molecule has 2 heterocycles. The van der Waals surface area contributed by atoms with E-state index in [1.165, 1.54) is 0 Å². The van der Waals surface area contributed by atoms with Crippen LogP contribution in [0.25, 0.3) is 0 Å². The predicted molar refractivity (Wildman–Crippen MR) is 86.5 cm³/mol. The third kappa shape index (κ3) is 2.64. The highest BCUT2D eigenvalue weighted by atomic mass is 35.5. The molecule has 1 atom stereocenters. The van der Waals surface area contributed by atoms with Crippen molar-refractivity contribution >= 4 is 39.5 Å². The molecular weight excluding hydrogens is 308 g/mol. The number of anilines is 2. The summed E-state index contributed by atoms with van der Waals surface area (Å²) in [5, 5.41) is 7.53. The molecule has 110 valence electrons. The number of nitrogens with one attached hydrogen (secondary N) is 2. The minimum Gasteiger partial charge on any atom is -0.379 e. The predicted octanol–water partition coefficient (Wildman–Crippen LogP) is 4.29. The van der Waals surface area contributed by atoms with Gasteiger partial charge in [-0.05, 0) is 31.2 Å². The number of thiophene rings is 1. The maximum Gasteiger partial charge on any atom is 0.259 e. The van der Waals surface area contributed by atoms with Crippen molar-refractivity contribution in [3.63, 3.8) is 0 Å². The number of benzene rings is 1. The summed E-state index contributed by atoms with van der Waals surface area (Å²) in [5.74, 6) is -0.128. The summed E-state index contributed by atoms with van der Waals surface area (Å²) in [6.07, 6.45) is -0.0516. The second-order valence-corrected chi connectivity index (χ2v) is 6.35. The normalized spacial score (nSPS) is 16.6. The van der Waals surface area contributed by atoms with Gasteiger partial charge in [0.15, 0.2) is 0 Å². The highest BCUT2D eigenvalue weighted by Gasteiger charge is 2.31. The van der Waals surface area contributed by atoms with Gasteiger partial charge in [-0.2, -0.15) is 0 Å². The summed E-state index contributed by atoms with van der Waals surface area (Å²) in [5.41, 5.74) is 2.39. The Kier molecular flexibility index (Phi) is 3.89. The molecule has 0 saturated heterocycles. The van der Waals surface area contributed by atoms with Crippen LogP contribution in [-0.2, 0) is 11.3 Å². The van der Waals surface area contributed by atoms with Gasteiger partial charge in [0.25, 0.3) is 5.91 Å². The molecule has 1 aromatic heterocycles. The fourth-order valence-corrected chi connectivity index (χ4v) is 3.72. The average Bonchev–Trinajstić information content (AvgIpc) is 3.01. The number of carbonyl (C=O) groups is 1. The van der Waals surface area contributed by atoms with Crippen molar-refractivity contribution in [3.05, 3.63) is 45.3 Å². The Balaban J connectivity index is 1.92. The molecule has 3 rings (SSSR count). The Bertz CT molecular complexity index is 682. The molecule has 6 heteroatoms. The molecule has 1 aliphatic rings. The highest BCUT2D eigenvalue weighted by molar-refractivity contribution is 7.16. The average molecular weight is 323 g/mol. The number of hydrogen-bond acceptors (Lipinski definition) is 4. The van der Waals surface area contributed by atoms with Crippen LogP contribution in [0, 0.1) is 0 Å². The van der Waals surface area contributed by atoms with Gasteiger partial charge in [-0.15, -0.1) is 11.3 Å². The first-order chi connectivity index (χ1) is 10.1. The van der Waals surface area contributed by atoms with Crippen molar-refractivity contribution in [1.82, 2.24) is 0 Å². The Morgan fingerprint density at radius 2 is 2.10 bits per heavy atom. The van der Waals surface area contributed by atoms with Crippen LogP contribution >= 0.6 is 22.9 Å². The molecule has 0 radical (unpaired) electrons. The van der Waals surface area contributed by atoms with Gasteiger partial charge in [0.05, 0.1) is 18.3 Å². The van der Waals surface area contributed by atoms with E-state index in [0.29, 0.717) is 17.2 Å². The zero-order valence-corrected chi connectivity index (χ0v) is 13.3. The molecule has 0 saturated carbocycles. The number of carbonyl (C=O) groups excluding carboxylic acids is 1. The summed E-state index contributed by atoms with van der Waals surface area (Å²) >= 11 is 7.43. The largest absolute Gasteiger partial charge is 0.379 e. The van der Waals surface area contributed by atoms with E-state index < -0.39 is 0 Å². The summed E-state index contributed by atoms with van der Waals surface area (Å²) in [7, 11) is 1.82. The Morgan fingerprint density at radius 1 is 1.38 bits per heavy atom. The number of hydrogen-bond donors (Lipinski definition) is 2. The topological polar surface area (TPSA) is 50.4 Å². The zero-order valence-electron chi connectivity index (χ0n) is 11.7. The maximum absolute atomic E-state index is 12.6. The minimum atomic E-state index is -0.128. The van der Waals surface area contributed by atoms with Crippen LogP contribution in [-0.4, -0.2) is 13.0 Å². The van der Waals surface area contributed by atoms with Gasteiger partial charge in [0.1, 0.15) is 5.00 Å². The fourth-order valence-electron chi connectivity index (χ4n) is 2.44. The molecular formula is C15H15ClN2O2S. The molecule has 4 nitrogen and oxygen atoms in total. The van der Waals surface area contributed by atoms with Crippen molar-refractivity contribution in [1.29, 1.82) is 0 Å². The number of halogens is 1. The van der Waals surface area contributed by atoms with Gasteiger partial charge < -0.3 is 15.4 Å². The molecule has 0 aliphatic carbocycles. The lowest BCUT2D eigenvalue weighted by Gasteiger charge is -2.10. The molecule has 1 amide bonds. The third-order valence-electron chi connectivity index (χ3n) is 3.45. The first-order valence-corrected chi connectivity index (χ1v) is 7.81. The van der Waals surface area contributed by atoms with Crippen LogP contribution in [0.2, 0.25) is 5.02 Å². The van der Waals surface area contributed by atoms with Gasteiger partial charge in [0, 0.05) is 28.2 Å². The first kappa shape index (κ1) is 14.4. The van der Waals surface area contributed by atoms with E-state index in [1.54, 1.807) is 35.6 Å². The molecule has 0 spiro atoms. The monoisotopic (exact) mass is 322 g/mol. The molecule has 1 aliphatic heterocycles. The van der Waals surface area contributed by atoms with Gasteiger partial charge in [0.2, 0.25) is 0 Å². The summed E-state index contributed by atoms with van der Waals surface area (Å²) < 4.78 is 5.60. The van der Waals surface area contributed by atoms with Crippen molar-refractivity contribution in [3.8, 4) is 0 Å². The van der Waals surface area contributed by atoms with Crippen LogP contribution in [0.15, 0.2) is 24.3 Å². The summed E-state index contributed by atoms with van der Waals surface area (Å²) in [6, 6.07) is 7.07. The highest BCUT2D eigenvalue weighted by Crippen LogP contribution is 2.43. The number of rotatable bonds is 3. The van der Waals surface area contributed by atoms with E-state index in [4.69, 9.17) is 16.3 Å². The molecule has 1 aromatic carbocycles. The third-order valence-corrected chi connectivity index (χ3v) is 4.90. The summed E-state index contributed by atoms with van der Waals surface area (Å²) in [6.45, 7) is 2.54. The van der Waals surface area contributed by atoms with Crippen molar-refractivity contribution in [2.24, 2.45) is 0 Å². The van der Waals surface area contributed by atoms with Crippen LogP contribution in [0.1, 0.15) is 33.8 Å².